The van der Waals surface area contributed by atoms with Crippen LogP contribution in [0.1, 0.15) is 12.8 Å². The van der Waals surface area contributed by atoms with Gasteiger partial charge in [-0.3, -0.25) is 4.79 Å². The van der Waals surface area contributed by atoms with Gasteiger partial charge in [0.2, 0.25) is 5.91 Å². The molecule has 96 valence electrons. The fourth-order valence-electron chi connectivity index (χ4n) is 1.35. The largest absolute Gasteiger partial charge is 0.493 e. The highest BCUT2D eigenvalue weighted by Crippen LogP contribution is 2.17. The first-order valence-corrected chi connectivity index (χ1v) is 6.42. The first-order valence-electron chi connectivity index (χ1n) is 5.63. The number of ether oxygens (including phenoxy) is 1. The second-order valence-corrected chi connectivity index (χ2v) is 4.69. The summed E-state index contributed by atoms with van der Waals surface area (Å²) in [6.45, 7) is 0.804. The Morgan fingerprint density at radius 2 is 2.33 bits per heavy atom. The maximum atomic E-state index is 11.6. The molecule has 0 unspecified atom stereocenters. The summed E-state index contributed by atoms with van der Waals surface area (Å²) in [7, 11) is 1.69. The van der Waals surface area contributed by atoms with E-state index >= 15 is 0 Å². The molecule has 0 fully saturated rings. The van der Waals surface area contributed by atoms with Crippen LogP contribution in [-0.2, 0) is 4.79 Å². The molecule has 1 rings (SSSR count). The van der Waals surface area contributed by atoms with Crippen LogP contribution in [0.2, 0.25) is 0 Å². The molecule has 18 heavy (non-hydrogen) atoms. The zero-order chi connectivity index (χ0) is 13.4. The summed E-state index contributed by atoms with van der Waals surface area (Å²) < 4.78 is 6.41. The highest BCUT2D eigenvalue weighted by molar-refractivity contribution is 9.10. The molecule has 0 saturated carbocycles. The van der Waals surface area contributed by atoms with Crippen LogP contribution in [0.25, 0.3) is 0 Å². The van der Waals surface area contributed by atoms with Crippen molar-refractivity contribution in [3.05, 3.63) is 28.7 Å². The lowest BCUT2D eigenvalue weighted by Gasteiger charge is -2.15. The third kappa shape index (κ3) is 5.19. The van der Waals surface area contributed by atoms with E-state index in [4.69, 9.17) is 10.00 Å². The average molecular weight is 311 g/mol. The van der Waals surface area contributed by atoms with Crippen molar-refractivity contribution in [1.29, 1.82) is 5.26 Å². The molecule has 0 radical (unpaired) electrons. The van der Waals surface area contributed by atoms with Crippen LogP contribution in [0.15, 0.2) is 28.7 Å². The van der Waals surface area contributed by atoms with E-state index in [1.54, 1.807) is 11.9 Å². The van der Waals surface area contributed by atoms with Crippen LogP contribution in [0.4, 0.5) is 0 Å². The summed E-state index contributed by atoms with van der Waals surface area (Å²) >= 11 is 3.35. The van der Waals surface area contributed by atoms with E-state index in [1.807, 2.05) is 30.3 Å². The number of amides is 1. The van der Waals surface area contributed by atoms with Crippen LogP contribution in [0, 0.1) is 11.3 Å². The molecule has 0 aliphatic heterocycles. The molecule has 0 heterocycles. The van der Waals surface area contributed by atoms with Gasteiger partial charge in [0.15, 0.2) is 0 Å². The number of nitriles is 1. The Balaban J connectivity index is 2.29. The number of halogens is 1. The summed E-state index contributed by atoms with van der Waals surface area (Å²) in [5.41, 5.74) is 0. The highest BCUT2D eigenvalue weighted by atomic mass is 79.9. The van der Waals surface area contributed by atoms with E-state index in [2.05, 4.69) is 15.9 Å². The van der Waals surface area contributed by atoms with Crippen LogP contribution in [0.5, 0.6) is 5.75 Å². The fraction of sp³-hybridized carbons (Fsp3) is 0.385. The molecule has 0 aliphatic rings. The monoisotopic (exact) mass is 310 g/mol. The van der Waals surface area contributed by atoms with Gasteiger partial charge in [-0.15, -0.1) is 0 Å². The second-order valence-electron chi connectivity index (χ2n) is 3.78. The zero-order valence-electron chi connectivity index (χ0n) is 10.2. The molecule has 4 nitrogen and oxygen atoms in total. The number of hydrogen-bond acceptors (Lipinski definition) is 3. The first kappa shape index (κ1) is 14.5. The van der Waals surface area contributed by atoms with E-state index in [1.165, 1.54) is 0 Å². The summed E-state index contributed by atoms with van der Waals surface area (Å²) in [6, 6.07) is 9.49. The molecule has 0 spiro atoms. The standard InChI is InChI=1S/C13H15BrN2O2/c1-16(8-3-7-15)13(17)6-9-18-12-5-2-4-11(14)10-12/h2,4-5,10H,3,6,8-9H2,1H3. The smallest absolute Gasteiger partial charge is 0.225 e. The molecule has 1 aromatic rings. The molecule has 0 saturated heterocycles. The van der Waals surface area contributed by atoms with Gasteiger partial charge in [0.25, 0.3) is 0 Å². The number of rotatable bonds is 6. The van der Waals surface area contributed by atoms with Gasteiger partial charge in [0, 0.05) is 18.1 Å². The number of nitrogens with zero attached hydrogens (tertiary/aromatic N) is 2. The third-order valence-corrected chi connectivity index (χ3v) is 2.86. The predicted octanol–water partition coefficient (Wildman–Crippen LogP) is 2.59. The van der Waals surface area contributed by atoms with E-state index < -0.39 is 0 Å². The second kappa shape index (κ2) is 7.72. The van der Waals surface area contributed by atoms with Crippen molar-refractivity contribution in [1.82, 2.24) is 4.90 Å². The molecule has 5 heteroatoms. The maximum Gasteiger partial charge on any atom is 0.225 e. The molecule has 0 aliphatic carbocycles. The molecule has 0 aromatic heterocycles. The van der Waals surface area contributed by atoms with Gasteiger partial charge in [0.1, 0.15) is 5.75 Å². The van der Waals surface area contributed by atoms with E-state index in [0.29, 0.717) is 26.0 Å². The Kier molecular flexibility index (Phi) is 6.23. The van der Waals surface area contributed by atoms with Crippen molar-refractivity contribution in [2.24, 2.45) is 0 Å². The van der Waals surface area contributed by atoms with Crippen LogP contribution in [-0.4, -0.2) is 31.0 Å². The van der Waals surface area contributed by atoms with Gasteiger partial charge < -0.3 is 9.64 Å². The Hall–Kier alpha value is -1.54. The Morgan fingerprint density at radius 1 is 1.56 bits per heavy atom. The quantitative estimate of drug-likeness (QED) is 0.811. The average Bonchev–Trinajstić information content (AvgIpc) is 2.35. The minimum Gasteiger partial charge on any atom is -0.493 e. The lowest BCUT2D eigenvalue weighted by atomic mass is 10.3. The van der Waals surface area contributed by atoms with E-state index in [0.717, 1.165) is 10.2 Å². The van der Waals surface area contributed by atoms with E-state index in [9.17, 15) is 4.79 Å². The van der Waals surface area contributed by atoms with Crippen molar-refractivity contribution < 1.29 is 9.53 Å². The lowest BCUT2D eigenvalue weighted by molar-refractivity contribution is -0.130. The summed E-state index contributed by atoms with van der Waals surface area (Å²) in [5.74, 6) is 0.720. The van der Waals surface area contributed by atoms with Crippen LogP contribution in [0.3, 0.4) is 0 Å². The molecule has 0 bridgehead atoms. The molecule has 1 aromatic carbocycles. The van der Waals surface area contributed by atoms with Crippen molar-refractivity contribution in [2.45, 2.75) is 12.8 Å². The van der Waals surface area contributed by atoms with Crippen LogP contribution >= 0.6 is 15.9 Å². The third-order valence-electron chi connectivity index (χ3n) is 2.37. The van der Waals surface area contributed by atoms with Crippen molar-refractivity contribution in [3.63, 3.8) is 0 Å². The minimum atomic E-state index is -0.0137. The van der Waals surface area contributed by atoms with Gasteiger partial charge in [-0.25, -0.2) is 0 Å². The predicted molar refractivity (Wildman–Crippen MR) is 72.1 cm³/mol. The van der Waals surface area contributed by atoms with Gasteiger partial charge in [-0.1, -0.05) is 22.0 Å². The van der Waals surface area contributed by atoms with Crippen LogP contribution < -0.4 is 4.74 Å². The van der Waals surface area contributed by atoms with Crippen molar-refractivity contribution >= 4 is 21.8 Å². The highest BCUT2D eigenvalue weighted by Gasteiger charge is 2.08. The van der Waals surface area contributed by atoms with Gasteiger partial charge in [0.05, 0.1) is 25.5 Å². The normalized spacial score (nSPS) is 9.61. The fourth-order valence-corrected chi connectivity index (χ4v) is 1.72. The van der Waals surface area contributed by atoms with Gasteiger partial charge >= 0.3 is 0 Å². The first-order chi connectivity index (χ1) is 8.63. The van der Waals surface area contributed by atoms with Crippen molar-refractivity contribution in [3.8, 4) is 11.8 Å². The Labute approximate surface area is 115 Å². The summed E-state index contributed by atoms with van der Waals surface area (Å²) in [5, 5.41) is 8.43. The molecule has 1 amide bonds. The molecular formula is C13H15BrN2O2. The minimum absolute atomic E-state index is 0.0137. The maximum absolute atomic E-state index is 11.6. The summed E-state index contributed by atoms with van der Waals surface area (Å²) in [4.78, 5) is 13.2. The SMILES string of the molecule is CN(CCC#N)C(=O)CCOc1cccc(Br)c1. The Bertz CT molecular complexity index is 443. The number of carbonyl (C=O) groups excluding carboxylic acids is 1. The van der Waals surface area contributed by atoms with E-state index in [-0.39, 0.29) is 5.91 Å². The van der Waals surface area contributed by atoms with Gasteiger partial charge in [-0.2, -0.15) is 5.26 Å². The summed E-state index contributed by atoms with van der Waals surface area (Å²) in [6.07, 6.45) is 0.670. The number of carbonyl (C=O) groups is 1. The zero-order valence-corrected chi connectivity index (χ0v) is 11.8. The molecular weight excluding hydrogens is 296 g/mol. The number of benzene rings is 1. The van der Waals surface area contributed by atoms with Gasteiger partial charge in [-0.05, 0) is 18.2 Å². The lowest BCUT2D eigenvalue weighted by Crippen LogP contribution is -2.28. The topological polar surface area (TPSA) is 53.3 Å². The molecule has 0 atom stereocenters. The Morgan fingerprint density at radius 3 is 3.00 bits per heavy atom. The number of hydrogen-bond donors (Lipinski definition) is 0. The molecule has 0 N–H and O–H groups in total. The van der Waals surface area contributed by atoms with Crippen molar-refractivity contribution in [2.75, 3.05) is 20.2 Å².